The summed E-state index contributed by atoms with van der Waals surface area (Å²) in [5.74, 6) is -0.225. The standard InChI is InChI=1S/C14H12F2N4O3/c1-23-13-8(7-2-6(7)3-11(15)16)4-10(19-20-13)9-5-17-14(22)18-12(9)21/h3-7H,2H2,1H3,(H2,17,18,21,22)/t6-,7?/m1/s1. The largest absolute Gasteiger partial charge is 0.480 e. The lowest BCUT2D eigenvalue weighted by Gasteiger charge is -2.07. The molecule has 2 aromatic rings. The molecule has 1 aliphatic rings. The molecule has 0 spiro atoms. The lowest BCUT2D eigenvalue weighted by molar-refractivity contribution is 0.386. The Morgan fingerprint density at radius 3 is 2.83 bits per heavy atom. The Labute approximate surface area is 128 Å². The molecule has 0 bridgehead atoms. The van der Waals surface area contributed by atoms with Gasteiger partial charge in [0.2, 0.25) is 5.88 Å². The molecule has 23 heavy (non-hydrogen) atoms. The highest BCUT2D eigenvalue weighted by molar-refractivity contribution is 5.58. The average molecular weight is 322 g/mol. The van der Waals surface area contributed by atoms with Crippen molar-refractivity contribution in [1.29, 1.82) is 0 Å². The number of methoxy groups -OCH3 is 1. The molecule has 7 nitrogen and oxygen atoms in total. The molecule has 2 atom stereocenters. The lowest BCUT2D eigenvalue weighted by atomic mass is 10.1. The van der Waals surface area contributed by atoms with Gasteiger partial charge < -0.3 is 9.72 Å². The molecule has 0 amide bonds. The van der Waals surface area contributed by atoms with E-state index in [1.165, 1.54) is 13.3 Å². The summed E-state index contributed by atoms with van der Waals surface area (Å²) in [4.78, 5) is 27.3. The summed E-state index contributed by atoms with van der Waals surface area (Å²) in [6.45, 7) is 0. The van der Waals surface area contributed by atoms with Gasteiger partial charge in [-0.2, -0.15) is 8.78 Å². The molecule has 0 aliphatic heterocycles. The molecule has 9 heteroatoms. The van der Waals surface area contributed by atoms with Crippen LogP contribution in [0, 0.1) is 5.92 Å². The minimum Gasteiger partial charge on any atom is -0.480 e. The molecule has 1 aliphatic carbocycles. The number of H-pyrrole nitrogens is 2. The van der Waals surface area contributed by atoms with Crippen LogP contribution in [-0.4, -0.2) is 27.3 Å². The minimum absolute atomic E-state index is 0.130. The fraction of sp³-hybridized carbons (Fsp3) is 0.286. The van der Waals surface area contributed by atoms with Crippen LogP contribution in [-0.2, 0) is 0 Å². The van der Waals surface area contributed by atoms with E-state index in [4.69, 9.17) is 4.74 Å². The summed E-state index contributed by atoms with van der Waals surface area (Å²) >= 11 is 0. The third-order valence-electron chi connectivity index (χ3n) is 3.66. The summed E-state index contributed by atoms with van der Waals surface area (Å²) in [5.41, 5.74) is -0.280. The van der Waals surface area contributed by atoms with Crippen molar-refractivity contribution in [2.75, 3.05) is 7.11 Å². The number of halogens is 2. The summed E-state index contributed by atoms with van der Waals surface area (Å²) < 4.78 is 29.8. The van der Waals surface area contributed by atoms with Crippen LogP contribution in [0.3, 0.4) is 0 Å². The first kappa shape index (κ1) is 15.1. The second-order valence-corrected chi connectivity index (χ2v) is 5.14. The summed E-state index contributed by atoms with van der Waals surface area (Å²) in [7, 11) is 1.41. The summed E-state index contributed by atoms with van der Waals surface area (Å²) in [6, 6.07) is 1.57. The van der Waals surface area contributed by atoms with Crippen LogP contribution in [0.1, 0.15) is 17.9 Å². The van der Waals surface area contributed by atoms with Gasteiger partial charge >= 0.3 is 5.69 Å². The zero-order valence-electron chi connectivity index (χ0n) is 12.0. The highest BCUT2D eigenvalue weighted by Gasteiger charge is 2.40. The van der Waals surface area contributed by atoms with Crippen molar-refractivity contribution in [3.05, 3.63) is 50.8 Å². The van der Waals surface area contributed by atoms with Gasteiger partial charge in [0.1, 0.15) is 5.69 Å². The molecule has 1 fully saturated rings. The SMILES string of the molecule is COc1nnc(-c2c[nH]c(=O)[nH]c2=O)cc1C1C[C@@H]1C=C(F)F. The third-order valence-corrected chi connectivity index (χ3v) is 3.66. The van der Waals surface area contributed by atoms with Crippen molar-refractivity contribution >= 4 is 0 Å². The van der Waals surface area contributed by atoms with Crippen LogP contribution < -0.4 is 16.0 Å². The molecule has 120 valence electrons. The van der Waals surface area contributed by atoms with Crippen molar-refractivity contribution in [3.63, 3.8) is 0 Å². The van der Waals surface area contributed by atoms with Crippen LogP contribution in [0.25, 0.3) is 11.3 Å². The number of hydrogen-bond acceptors (Lipinski definition) is 5. The highest BCUT2D eigenvalue weighted by atomic mass is 19.3. The third kappa shape index (κ3) is 3.03. The number of ether oxygens (including phenoxy) is 1. The predicted octanol–water partition coefficient (Wildman–Crippen LogP) is 1.41. The van der Waals surface area contributed by atoms with E-state index in [1.54, 1.807) is 6.07 Å². The van der Waals surface area contributed by atoms with E-state index in [0.717, 1.165) is 6.08 Å². The van der Waals surface area contributed by atoms with E-state index >= 15 is 0 Å². The monoisotopic (exact) mass is 322 g/mol. The van der Waals surface area contributed by atoms with Crippen LogP contribution in [0.5, 0.6) is 5.88 Å². The van der Waals surface area contributed by atoms with Gasteiger partial charge in [0.25, 0.3) is 11.6 Å². The molecule has 1 saturated carbocycles. The fourth-order valence-electron chi connectivity index (χ4n) is 2.47. The quantitative estimate of drug-likeness (QED) is 0.886. The molecule has 0 aromatic carbocycles. The summed E-state index contributed by atoms with van der Waals surface area (Å²) in [6.07, 6.45) is 0.945. The second kappa shape index (κ2) is 5.75. The van der Waals surface area contributed by atoms with Gasteiger partial charge in [0.15, 0.2) is 0 Å². The Morgan fingerprint density at radius 2 is 2.17 bits per heavy atom. The van der Waals surface area contributed by atoms with Gasteiger partial charge in [-0.15, -0.1) is 10.2 Å². The predicted molar refractivity (Wildman–Crippen MR) is 76.4 cm³/mol. The van der Waals surface area contributed by atoms with Crippen LogP contribution in [0.2, 0.25) is 0 Å². The van der Waals surface area contributed by atoms with E-state index in [2.05, 4.69) is 20.2 Å². The first-order valence-corrected chi connectivity index (χ1v) is 6.76. The van der Waals surface area contributed by atoms with Gasteiger partial charge in [-0.1, -0.05) is 0 Å². The van der Waals surface area contributed by atoms with Crippen molar-refractivity contribution in [2.45, 2.75) is 12.3 Å². The molecule has 2 aromatic heterocycles. The minimum atomic E-state index is -1.73. The van der Waals surface area contributed by atoms with Crippen LogP contribution in [0.15, 0.2) is 34.0 Å². The van der Waals surface area contributed by atoms with Gasteiger partial charge in [-0.25, -0.2) is 4.79 Å². The van der Waals surface area contributed by atoms with E-state index < -0.39 is 17.3 Å². The molecule has 0 radical (unpaired) electrons. The van der Waals surface area contributed by atoms with Crippen LogP contribution >= 0.6 is 0 Å². The van der Waals surface area contributed by atoms with E-state index in [0.29, 0.717) is 12.0 Å². The van der Waals surface area contributed by atoms with Gasteiger partial charge in [-0.05, 0) is 30.4 Å². The van der Waals surface area contributed by atoms with Crippen molar-refractivity contribution < 1.29 is 13.5 Å². The average Bonchev–Trinajstić information content (AvgIpc) is 3.25. The normalized spacial score (nSPS) is 19.3. The van der Waals surface area contributed by atoms with Crippen molar-refractivity contribution in [3.8, 4) is 17.1 Å². The number of hydrogen-bond donors (Lipinski definition) is 2. The van der Waals surface area contributed by atoms with Crippen LogP contribution in [0.4, 0.5) is 8.78 Å². The Balaban J connectivity index is 2.02. The zero-order chi connectivity index (χ0) is 16.6. The molecular formula is C14H12F2N4O3. The smallest absolute Gasteiger partial charge is 0.325 e. The van der Waals surface area contributed by atoms with E-state index in [1.807, 2.05) is 0 Å². The van der Waals surface area contributed by atoms with Gasteiger partial charge in [0.05, 0.1) is 12.7 Å². The Hall–Kier alpha value is -2.84. The number of allylic oxidation sites excluding steroid dienone is 1. The molecule has 2 N–H and O–H groups in total. The molecule has 1 unspecified atom stereocenters. The van der Waals surface area contributed by atoms with Gasteiger partial charge in [0, 0.05) is 11.8 Å². The van der Waals surface area contributed by atoms with Crippen molar-refractivity contribution in [2.24, 2.45) is 5.92 Å². The van der Waals surface area contributed by atoms with E-state index in [-0.39, 0.29) is 29.0 Å². The fourth-order valence-corrected chi connectivity index (χ4v) is 2.47. The topological polar surface area (TPSA) is 101 Å². The number of nitrogens with zero attached hydrogens (tertiary/aromatic N) is 2. The number of aromatic amines is 2. The molecule has 0 saturated heterocycles. The lowest BCUT2D eigenvalue weighted by Crippen LogP contribution is -2.23. The maximum atomic E-state index is 12.4. The van der Waals surface area contributed by atoms with Crippen molar-refractivity contribution in [1.82, 2.24) is 20.2 Å². The maximum Gasteiger partial charge on any atom is 0.325 e. The maximum absolute atomic E-state index is 12.4. The van der Waals surface area contributed by atoms with Gasteiger partial charge in [-0.3, -0.25) is 9.78 Å². The Bertz CT molecular complexity index is 886. The molecule has 3 rings (SSSR count). The Morgan fingerprint density at radius 1 is 1.39 bits per heavy atom. The molecular weight excluding hydrogens is 310 g/mol. The number of aromatic nitrogens is 4. The zero-order valence-corrected chi connectivity index (χ0v) is 12.0. The molecule has 2 heterocycles. The first-order chi connectivity index (χ1) is 11.0. The summed E-state index contributed by atoms with van der Waals surface area (Å²) in [5, 5.41) is 7.77. The number of nitrogens with one attached hydrogen (secondary N) is 2. The van der Waals surface area contributed by atoms with E-state index in [9.17, 15) is 18.4 Å². The number of rotatable bonds is 4. The highest BCUT2D eigenvalue weighted by Crippen LogP contribution is 2.51. The Kier molecular flexibility index (Phi) is 3.77. The second-order valence-electron chi connectivity index (χ2n) is 5.14. The first-order valence-electron chi connectivity index (χ1n) is 6.76.